The Morgan fingerprint density at radius 1 is 1.53 bits per heavy atom. The molecule has 2 rings (SSSR count). The van der Waals surface area contributed by atoms with Gasteiger partial charge >= 0.3 is 0 Å². The van der Waals surface area contributed by atoms with Crippen LogP contribution in [0.2, 0.25) is 0 Å². The van der Waals surface area contributed by atoms with Gasteiger partial charge in [0.15, 0.2) is 0 Å². The van der Waals surface area contributed by atoms with Gasteiger partial charge in [0.2, 0.25) is 5.91 Å². The molecule has 4 nitrogen and oxygen atoms in total. The van der Waals surface area contributed by atoms with E-state index in [-0.39, 0.29) is 11.9 Å². The minimum Gasteiger partial charge on any atom is -0.392 e. The number of fused-ring (bicyclic) bond motifs is 1. The van der Waals surface area contributed by atoms with Gasteiger partial charge in [-0.2, -0.15) is 0 Å². The van der Waals surface area contributed by atoms with Crippen LogP contribution >= 0.6 is 0 Å². The molecule has 0 aliphatic carbocycles. The van der Waals surface area contributed by atoms with Gasteiger partial charge < -0.3 is 15.7 Å². The lowest BCUT2D eigenvalue weighted by molar-refractivity contribution is -0.123. The summed E-state index contributed by atoms with van der Waals surface area (Å²) in [7, 11) is 0. The summed E-state index contributed by atoms with van der Waals surface area (Å²) >= 11 is 0. The van der Waals surface area contributed by atoms with E-state index in [1.165, 1.54) is 11.1 Å². The summed E-state index contributed by atoms with van der Waals surface area (Å²) in [6.07, 6.45) is 0.205. The van der Waals surface area contributed by atoms with Crippen molar-refractivity contribution in [2.75, 3.05) is 6.54 Å². The Morgan fingerprint density at radius 2 is 2.24 bits per heavy atom. The fraction of sp³-hybridized carbons (Fsp3) is 0.462. The van der Waals surface area contributed by atoms with Gasteiger partial charge in [0.05, 0.1) is 12.1 Å². The van der Waals surface area contributed by atoms with Crippen molar-refractivity contribution in [1.82, 2.24) is 10.6 Å². The number of hydrogen-bond acceptors (Lipinski definition) is 3. The van der Waals surface area contributed by atoms with Crippen molar-refractivity contribution in [2.45, 2.75) is 32.0 Å². The Hall–Kier alpha value is -1.39. The Bertz CT molecular complexity index is 404. The molecule has 3 N–H and O–H groups in total. The Kier molecular flexibility index (Phi) is 3.76. The Morgan fingerprint density at radius 3 is 2.94 bits per heavy atom. The normalized spacial score (nSPS) is 20.5. The van der Waals surface area contributed by atoms with Crippen molar-refractivity contribution < 1.29 is 9.90 Å². The molecule has 0 saturated heterocycles. The molecule has 0 spiro atoms. The molecule has 1 heterocycles. The van der Waals surface area contributed by atoms with E-state index in [4.69, 9.17) is 5.11 Å². The molecule has 0 saturated carbocycles. The molecule has 1 amide bonds. The maximum Gasteiger partial charge on any atom is 0.237 e. The number of hydrogen-bond donors (Lipinski definition) is 3. The minimum absolute atomic E-state index is 0.0413. The molecule has 0 radical (unpaired) electrons. The van der Waals surface area contributed by atoms with E-state index in [0.29, 0.717) is 13.0 Å². The highest BCUT2D eigenvalue weighted by atomic mass is 16.3. The zero-order chi connectivity index (χ0) is 12.3. The summed E-state index contributed by atoms with van der Waals surface area (Å²) in [6, 6.07) is 7.95. The minimum atomic E-state index is -0.505. The van der Waals surface area contributed by atoms with Crippen LogP contribution in [0, 0.1) is 0 Å². The zero-order valence-corrected chi connectivity index (χ0v) is 9.94. The SMILES string of the molecule is C[C@@H](O)CNC(=O)[C@H]1Cc2ccccc2CN1. The summed E-state index contributed by atoms with van der Waals surface area (Å²) in [5, 5.41) is 15.1. The van der Waals surface area contributed by atoms with Crippen LogP contribution in [-0.4, -0.2) is 29.7 Å². The molecule has 17 heavy (non-hydrogen) atoms. The van der Waals surface area contributed by atoms with E-state index in [1.54, 1.807) is 6.92 Å². The van der Waals surface area contributed by atoms with Crippen molar-refractivity contribution in [3.63, 3.8) is 0 Å². The monoisotopic (exact) mass is 234 g/mol. The molecule has 1 aromatic carbocycles. The predicted octanol–water partition coefficient (Wildman–Crippen LogP) is 0.198. The number of carbonyl (C=O) groups is 1. The van der Waals surface area contributed by atoms with Crippen LogP contribution in [-0.2, 0) is 17.8 Å². The zero-order valence-electron chi connectivity index (χ0n) is 9.94. The fourth-order valence-corrected chi connectivity index (χ4v) is 2.01. The van der Waals surface area contributed by atoms with Gasteiger partial charge in [-0.1, -0.05) is 24.3 Å². The molecular formula is C13H18N2O2. The van der Waals surface area contributed by atoms with Gasteiger partial charge in [-0.15, -0.1) is 0 Å². The summed E-state index contributed by atoms with van der Waals surface area (Å²) in [5.41, 5.74) is 2.48. The van der Waals surface area contributed by atoms with E-state index < -0.39 is 6.10 Å². The van der Waals surface area contributed by atoms with Crippen molar-refractivity contribution in [1.29, 1.82) is 0 Å². The molecule has 1 aliphatic heterocycles. The van der Waals surface area contributed by atoms with Crippen LogP contribution in [0.3, 0.4) is 0 Å². The largest absolute Gasteiger partial charge is 0.392 e. The lowest BCUT2D eigenvalue weighted by Gasteiger charge is -2.25. The highest BCUT2D eigenvalue weighted by molar-refractivity contribution is 5.82. The fourth-order valence-electron chi connectivity index (χ4n) is 2.01. The average Bonchev–Trinajstić information content (AvgIpc) is 2.35. The maximum absolute atomic E-state index is 11.8. The van der Waals surface area contributed by atoms with Gasteiger partial charge in [-0.25, -0.2) is 0 Å². The van der Waals surface area contributed by atoms with Gasteiger partial charge in [-0.3, -0.25) is 4.79 Å². The second-order valence-corrected chi connectivity index (χ2v) is 4.50. The van der Waals surface area contributed by atoms with Crippen LogP contribution in [0.1, 0.15) is 18.1 Å². The topological polar surface area (TPSA) is 61.4 Å². The third-order valence-corrected chi connectivity index (χ3v) is 2.97. The number of benzene rings is 1. The molecule has 92 valence electrons. The summed E-state index contributed by atoms with van der Waals surface area (Å²) in [5.74, 6) is -0.0413. The third-order valence-electron chi connectivity index (χ3n) is 2.97. The van der Waals surface area contributed by atoms with Crippen molar-refractivity contribution in [2.24, 2.45) is 0 Å². The molecule has 4 heteroatoms. The number of nitrogens with one attached hydrogen (secondary N) is 2. The van der Waals surface area contributed by atoms with Crippen LogP contribution in [0.5, 0.6) is 0 Å². The number of amides is 1. The van der Waals surface area contributed by atoms with E-state index in [9.17, 15) is 4.79 Å². The molecule has 0 aromatic heterocycles. The first-order valence-electron chi connectivity index (χ1n) is 5.93. The number of aliphatic hydroxyl groups excluding tert-OH is 1. The molecule has 1 aliphatic rings. The second kappa shape index (κ2) is 5.29. The molecule has 0 bridgehead atoms. The molecule has 2 atom stereocenters. The smallest absolute Gasteiger partial charge is 0.237 e. The lowest BCUT2D eigenvalue weighted by atomic mass is 9.95. The van der Waals surface area contributed by atoms with Crippen LogP contribution in [0.15, 0.2) is 24.3 Å². The van der Waals surface area contributed by atoms with Crippen molar-refractivity contribution >= 4 is 5.91 Å². The van der Waals surface area contributed by atoms with Crippen LogP contribution < -0.4 is 10.6 Å². The molecular weight excluding hydrogens is 216 g/mol. The van der Waals surface area contributed by atoms with Gasteiger partial charge in [-0.05, 0) is 24.5 Å². The lowest BCUT2D eigenvalue weighted by Crippen LogP contribution is -2.48. The second-order valence-electron chi connectivity index (χ2n) is 4.50. The molecule has 0 unspecified atom stereocenters. The number of rotatable bonds is 3. The first-order chi connectivity index (χ1) is 8.16. The molecule has 0 fully saturated rings. The van der Waals surface area contributed by atoms with Gasteiger partial charge in [0, 0.05) is 13.1 Å². The third kappa shape index (κ3) is 3.05. The highest BCUT2D eigenvalue weighted by Gasteiger charge is 2.23. The summed E-state index contributed by atoms with van der Waals surface area (Å²) in [4.78, 5) is 11.8. The first-order valence-corrected chi connectivity index (χ1v) is 5.93. The van der Waals surface area contributed by atoms with E-state index in [0.717, 1.165) is 6.54 Å². The van der Waals surface area contributed by atoms with E-state index in [2.05, 4.69) is 22.8 Å². The van der Waals surface area contributed by atoms with Crippen LogP contribution in [0.4, 0.5) is 0 Å². The van der Waals surface area contributed by atoms with Crippen molar-refractivity contribution in [3.05, 3.63) is 35.4 Å². The van der Waals surface area contributed by atoms with E-state index in [1.807, 2.05) is 12.1 Å². The standard InChI is InChI=1S/C13H18N2O2/c1-9(16)7-15-13(17)12-6-10-4-2-3-5-11(10)8-14-12/h2-5,9,12,14,16H,6-8H2,1H3,(H,15,17)/t9-,12-/m1/s1. The van der Waals surface area contributed by atoms with E-state index >= 15 is 0 Å². The predicted molar refractivity (Wildman–Crippen MR) is 65.5 cm³/mol. The maximum atomic E-state index is 11.8. The summed E-state index contributed by atoms with van der Waals surface area (Å²) in [6.45, 7) is 2.69. The average molecular weight is 234 g/mol. The first kappa shape index (κ1) is 12.1. The number of carbonyl (C=O) groups excluding carboxylic acids is 1. The Labute approximate surface area is 101 Å². The Balaban J connectivity index is 1.95. The molecule has 1 aromatic rings. The van der Waals surface area contributed by atoms with Gasteiger partial charge in [0.25, 0.3) is 0 Å². The quantitative estimate of drug-likeness (QED) is 0.700. The summed E-state index contributed by atoms with van der Waals surface area (Å²) < 4.78 is 0. The van der Waals surface area contributed by atoms with Crippen LogP contribution in [0.25, 0.3) is 0 Å². The van der Waals surface area contributed by atoms with Gasteiger partial charge in [0.1, 0.15) is 0 Å². The number of aliphatic hydroxyl groups is 1. The van der Waals surface area contributed by atoms with Crippen molar-refractivity contribution in [3.8, 4) is 0 Å². The highest BCUT2D eigenvalue weighted by Crippen LogP contribution is 2.16.